The van der Waals surface area contributed by atoms with Gasteiger partial charge in [-0.05, 0) is 79.9 Å². The van der Waals surface area contributed by atoms with Crippen LogP contribution in [-0.2, 0) is 0 Å². The van der Waals surface area contributed by atoms with E-state index in [0.717, 1.165) is 30.3 Å². The zero-order valence-electron chi connectivity index (χ0n) is 15.8. The van der Waals surface area contributed by atoms with Gasteiger partial charge in [-0.1, -0.05) is 18.2 Å². The predicted octanol–water partition coefficient (Wildman–Crippen LogP) is 5.72. The summed E-state index contributed by atoms with van der Waals surface area (Å²) in [6.07, 6.45) is 3.80. The van der Waals surface area contributed by atoms with Gasteiger partial charge in [0, 0.05) is 30.0 Å². The molecule has 0 unspecified atom stereocenters. The fraction of sp³-hybridized carbons (Fsp3) is 0.208. The maximum Gasteiger partial charge on any atom is 0.255 e. The molecule has 0 atom stereocenters. The molecule has 142 valence electrons. The van der Waals surface area contributed by atoms with Gasteiger partial charge in [0.2, 0.25) is 0 Å². The van der Waals surface area contributed by atoms with Crippen LogP contribution in [0, 0.1) is 0 Å². The van der Waals surface area contributed by atoms with E-state index in [1.807, 2.05) is 78.9 Å². The van der Waals surface area contributed by atoms with Gasteiger partial charge >= 0.3 is 0 Å². The number of anilines is 2. The van der Waals surface area contributed by atoms with Crippen molar-refractivity contribution in [2.24, 2.45) is 0 Å². The Labute approximate surface area is 165 Å². The van der Waals surface area contributed by atoms with E-state index in [9.17, 15) is 4.79 Å². The SMILES string of the molecule is O=C(Nc1ccc(Oc2ccccc2)cc1)c1ccc(N2CCCCC2)cc1. The number of carbonyl (C=O) groups excluding carboxylic acids is 1. The second-order valence-corrected chi connectivity index (χ2v) is 6.99. The molecular weight excluding hydrogens is 348 g/mol. The number of para-hydroxylation sites is 1. The number of carbonyl (C=O) groups is 1. The maximum absolute atomic E-state index is 12.5. The molecule has 0 bridgehead atoms. The highest BCUT2D eigenvalue weighted by Crippen LogP contribution is 2.24. The second-order valence-electron chi connectivity index (χ2n) is 6.99. The molecule has 1 saturated heterocycles. The monoisotopic (exact) mass is 372 g/mol. The summed E-state index contributed by atoms with van der Waals surface area (Å²) in [5.41, 5.74) is 2.59. The Balaban J connectivity index is 1.36. The Morgan fingerprint density at radius 3 is 2.07 bits per heavy atom. The van der Waals surface area contributed by atoms with E-state index in [0.29, 0.717) is 5.56 Å². The van der Waals surface area contributed by atoms with Crippen molar-refractivity contribution < 1.29 is 9.53 Å². The van der Waals surface area contributed by atoms with E-state index in [1.54, 1.807) is 0 Å². The zero-order chi connectivity index (χ0) is 19.2. The van der Waals surface area contributed by atoms with Crippen molar-refractivity contribution in [3.63, 3.8) is 0 Å². The second kappa shape index (κ2) is 8.61. The molecule has 1 aliphatic heterocycles. The average molecular weight is 372 g/mol. The number of ether oxygens (including phenoxy) is 1. The first-order valence-corrected chi connectivity index (χ1v) is 9.77. The first kappa shape index (κ1) is 18.1. The molecule has 4 heteroatoms. The fourth-order valence-electron chi connectivity index (χ4n) is 3.41. The molecule has 3 aromatic carbocycles. The van der Waals surface area contributed by atoms with Crippen LogP contribution in [0.3, 0.4) is 0 Å². The summed E-state index contributed by atoms with van der Waals surface area (Å²) in [6.45, 7) is 2.20. The summed E-state index contributed by atoms with van der Waals surface area (Å²) in [5, 5.41) is 2.94. The summed E-state index contributed by atoms with van der Waals surface area (Å²) < 4.78 is 5.78. The molecule has 1 amide bonds. The van der Waals surface area contributed by atoms with Crippen LogP contribution in [0.25, 0.3) is 0 Å². The molecule has 3 aromatic rings. The van der Waals surface area contributed by atoms with Crippen LogP contribution in [-0.4, -0.2) is 19.0 Å². The molecule has 4 rings (SSSR count). The summed E-state index contributed by atoms with van der Waals surface area (Å²) in [7, 11) is 0. The molecule has 1 aliphatic rings. The molecule has 1 heterocycles. The number of piperidine rings is 1. The lowest BCUT2D eigenvalue weighted by Gasteiger charge is -2.28. The summed E-state index contributed by atoms with van der Waals surface area (Å²) in [5.74, 6) is 1.41. The lowest BCUT2D eigenvalue weighted by Crippen LogP contribution is -2.29. The number of amides is 1. The van der Waals surface area contributed by atoms with Gasteiger partial charge in [0.05, 0.1) is 0 Å². The van der Waals surface area contributed by atoms with Crippen molar-refractivity contribution in [2.45, 2.75) is 19.3 Å². The smallest absolute Gasteiger partial charge is 0.255 e. The third-order valence-corrected chi connectivity index (χ3v) is 4.94. The van der Waals surface area contributed by atoms with Crippen molar-refractivity contribution in [3.05, 3.63) is 84.4 Å². The van der Waals surface area contributed by atoms with E-state index in [2.05, 4.69) is 10.2 Å². The van der Waals surface area contributed by atoms with Gasteiger partial charge in [-0.15, -0.1) is 0 Å². The Hall–Kier alpha value is -3.27. The third-order valence-electron chi connectivity index (χ3n) is 4.94. The lowest BCUT2D eigenvalue weighted by molar-refractivity contribution is 0.102. The molecule has 0 aromatic heterocycles. The van der Waals surface area contributed by atoms with Crippen LogP contribution >= 0.6 is 0 Å². The third kappa shape index (κ3) is 4.52. The largest absolute Gasteiger partial charge is 0.457 e. The number of nitrogens with one attached hydrogen (secondary N) is 1. The highest BCUT2D eigenvalue weighted by atomic mass is 16.5. The van der Waals surface area contributed by atoms with E-state index >= 15 is 0 Å². The molecule has 1 fully saturated rings. The molecule has 4 nitrogen and oxygen atoms in total. The van der Waals surface area contributed by atoms with Gasteiger partial charge in [0.25, 0.3) is 5.91 Å². The average Bonchev–Trinajstić information content (AvgIpc) is 2.76. The van der Waals surface area contributed by atoms with Crippen LogP contribution in [0.15, 0.2) is 78.9 Å². The summed E-state index contributed by atoms with van der Waals surface area (Å²) in [4.78, 5) is 14.9. The Bertz CT molecular complexity index is 900. The quantitative estimate of drug-likeness (QED) is 0.623. The van der Waals surface area contributed by atoms with Gasteiger partial charge in [-0.25, -0.2) is 0 Å². The van der Waals surface area contributed by atoms with Crippen LogP contribution in [0.1, 0.15) is 29.6 Å². The standard InChI is InChI=1S/C24H24N2O2/c27-24(19-9-13-21(14-10-19)26-17-5-2-6-18-26)25-20-11-15-23(16-12-20)28-22-7-3-1-4-8-22/h1,3-4,7-16H,2,5-6,17-18H2,(H,25,27). The highest BCUT2D eigenvalue weighted by Gasteiger charge is 2.12. The van der Waals surface area contributed by atoms with Crippen molar-refractivity contribution in [3.8, 4) is 11.5 Å². The molecule has 0 spiro atoms. The first-order chi connectivity index (χ1) is 13.8. The van der Waals surface area contributed by atoms with E-state index < -0.39 is 0 Å². The fourth-order valence-corrected chi connectivity index (χ4v) is 3.41. The van der Waals surface area contributed by atoms with Crippen LogP contribution < -0.4 is 15.0 Å². The van der Waals surface area contributed by atoms with Crippen molar-refractivity contribution in [2.75, 3.05) is 23.3 Å². The summed E-state index contributed by atoms with van der Waals surface area (Å²) >= 11 is 0. The Morgan fingerprint density at radius 2 is 1.39 bits per heavy atom. The summed E-state index contributed by atoms with van der Waals surface area (Å²) in [6, 6.07) is 24.9. The van der Waals surface area contributed by atoms with Crippen LogP contribution in [0.5, 0.6) is 11.5 Å². The number of nitrogens with zero attached hydrogens (tertiary/aromatic N) is 1. The normalized spacial score (nSPS) is 13.8. The van der Waals surface area contributed by atoms with Crippen LogP contribution in [0.4, 0.5) is 11.4 Å². The van der Waals surface area contributed by atoms with E-state index in [1.165, 1.54) is 24.9 Å². The Kier molecular flexibility index (Phi) is 5.57. The maximum atomic E-state index is 12.5. The minimum absolute atomic E-state index is 0.109. The highest BCUT2D eigenvalue weighted by molar-refractivity contribution is 6.04. The molecular formula is C24H24N2O2. The van der Waals surface area contributed by atoms with Gasteiger partial charge < -0.3 is 15.0 Å². The van der Waals surface area contributed by atoms with Crippen molar-refractivity contribution in [1.29, 1.82) is 0 Å². The molecule has 0 radical (unpaired) electrons. The zero-order valence-corrected chi connectivity index (χ0v) is 15.8. The topological polar surface area (TPSA) is 41.6 Å². The number of hydrogen-bond donors (Lipinski definition) is 1. The Morgan fingerprint density at radius 1 is 0.750 bits per heavy atom. The van der Waals surface area contributed by atoms with Gasteiger partial charge in [-0.3, -0.25) is 4.79 Å². The molecule has 28 heavy (non-hydrogen) atoms. The van der Waals surface area contributed by atoms with E-state index in [4.69, 9.17) is 4.74 Å². The lowest BCUT2D eigenvalue weighted by atomic mass is 10.1. The minimum Gasteiger partial charge on any atom is -0.457 e. The number of benzene rings is 3. The van der Waals surface area contributed by atoms with E-state index in [-0.39, 0.29) is 5.91 Å². The molecule has 0 aliphatic carbocycles. The van der Waals surface area contributed by atoms with Gasteiger partial charge in [0.1, 0.15) is 11.5 Å². The van der Waals surface area contributed by atoms with Crippen molar-refractivity contribution in [1.82, 2.24) is 0 Å². The molecule has 1 N–H and O–H groups in total. The molecule has 0 saturated carbocycles. The van der Waals surface area contributed by atoms with Gasteiger partial charge in [-0.2, -0.15) is 0 Å². The van der Waals surface area contributed by atoms with Crippen LogP contribution in [0.2, 0.25) is 0 Å². The van der Waals surface area contributed by atoms with Gasteiger partial charge in [0.15, 0.2) is 0 Å². The van der Waals surface area contributed by atoms with Crippen molar-refractivity contribution >= 4 is 17.3 Å². The number of rotatable bonds is 5. The number of hydrogen-bond acceptors (Lipinski definition) is 3. The minimum atomic E-state index is -0.109. The first-order valence-electron chi connectivity index (χ1n) is 9.77. The predicted molar refractivity (Wildman–Crippen MR) is 113 cm³/mol.